The zero-order valence-electron chi connectivity index (χ0n) is 20.4. The molecule has 1 aliphatic carbocycles. The van der Waals surface area contributed by atoms with Crippen molar-refractivity contribution in [3.05, 3.63) is 60.3 Å². The minimum Gasteiger partial charge on any atom is -0.342 e. The molecule has 2 heterocycles. The first-order valence-corrected chi connectivity index (χ1v) is 13.7. The summed E-state index contributed by atoms with van der Waals surface area (Å²) in [6.45, 7) is 2.29. The monoisotopic (exact) mass is 492 g/mol. The van der Waals surface area contributed by atoms with Crippen LogP contribution in [0.25, 0.3) is 0 Å². The first kappa shape index (κ1) is 23.6. The molecule has 184 valence electrons. The molecule has 0 spiro atoms. The van der Waals surface area contributed by atoms with Crippen LogP contribution in [0.15, 0.2) is 64.5 Å². The number of sulfone groups is 1. The van der Waals surface area contributed by atoms with E-state index in [1.54, 1.807) is 35.1 Å². The lowest BCUT2D eigenvalue weighted by Gasteiger charge is -2.32. The Bertz CT molecular complexity index is 1360. The Kier molecular flexibility index (Phi) is 6.17. The van der Waals surface area contributed by atoms with Crippen LogP contribution in [0.3, 0.4) is 0 Å². The molecule has 0 bridgehead atoms. The van der Waals surface area contributed by atoms with Crippen molar-refractivity contribution < 1.29 is 13.2 Å². The third-order valence-corrected chi connectivity index (χ3v) is 9.39. The van der Waals surface area contributed by atoms with Gasteiger partial charge in [-0.15, -0.1) is 0 Å². The number of benzene rings is 2. The second-order valence-corrected chi connectivity index (χ2v) is 11.9. The number of fused-ring (bicyclic) bond motifs is 2. The average Bonchev–Trinajstić information content (AvgIpc) is 3.26. The van der Waals surface area contributed by atoms with E-state index < -0.39 is 15.8 Å². The van der Waals surface area contributed by atoms with Crippen LogP contribution in [-0.4, -0.2) is 31.2 Å². The molecule has 0 radical (unpaired) electrons. The molecule has 1 fully saturated rings. The molecule has 2 aromatic carbocycles. The summed E-state index contributed by atoms with van der Waals surface area (Å²) in [4.78, 5) is 16.0. The summed E-state index contributed by atoms with van der Waals surface area (Å²) in [5, 5.41) is 7.29. The lowest BCUT2D eigenvalue weighted by atomic mass is 9.77. The summed E-state index contributed by atoms with van der Waals surface area (Å²) in [5.74, 6) is 1.21. The molecule has 1 N–H and O–H groups in total. The van der Waals surface area contributed by atoms with Crippen molar-refractivity contribution in [2.75, 3.05) is 17.3 Å². The van der Waals surface area contributed by atoms with Crippen molar-refractivity contribution in [2.24, 2.45) is 18.9 Å². The number of nitrogens with zero attached hydrogens (tertiary/aromatic N) is 3. The van der Waals surface area contributed by atoms with Crippen LogP contribution in [0.5, 0.6) is 0 Å². The number of carbonyl (C=O) groups is 1. The summed E-state index contributed by atoms with van der Waals surface area (Å²) in [5.41, 5.74) is 2.08. The van der Waals surface area contributed by atoms with E-state index in [0.29, 0.717) is 28.0 Å². The van der Waals surface area contributed by atoms with E-state index in [-0.39, 0.29) is 10.8 Å². The third kappa shape index (κ3) is 4.47. The van der Waals surface area contributed by atoms with E-state index in [4.69, 9.17) is 0 Å². The Morgan fingerprint density at radius 1 is 1.03 bits per heavy atom. The van der Waals surface area contributed by atoms with Gasteiger partial charge >= 0.3 is 0 Å². The van der Waals surface area contributed by atoms with Gasteiger partial charge in [0.05, 0.1) is 27.1 Å². The van der Waals surface area contributed by atoms with Gasteiger partial charge in [-0.05, 0) is 48.1 Å². The zero-order valence-corrected chi connectivity index (χ0v) is 21.3. The molecule has 3 aromatic rings. The molecular formula is C27H32N4O3S. The number of hydrogen-bond donors (Lipinski definition) is 1. The number of hydrogen-bond acceptors (Lipinski definition) is 5. The molecule has 1 saturated carbocycles. The highest BCUT2D eigenvalue weighted by molar-refractivity contribution is 7.92. The molecule has 35 heavy (non-hydrogen) atoms. The van der Waals surface area contributed by atoms with E-state index >= 15 is 0 Å². The van der Waals surface area contributed by atoms with Crippen LogP contribution < -0.4 is 10.2 Å². The van der Waals surface area contributed by atoms with Gasteiger partial charge in [-0.1, -0.05) is 50.8 Å². The number of aromatic nitrogens is 2. The Morgan fingerprint density at radius 2 is 1.74 bits per heavy atom. The SMILES string of the molecule is CC1CCC(CC(C(=O)Nc2ccn(C)n2)c2ccc3c(c2)N(C)c2ccccc2S3(=O)=O)CC1. The van der Waals surface area contributed by atoms with Gasteiger partial charge in [0.2, 0.25) is 15.7 Å². The molecule has 1 unspecified atom stereocenters. The van der Waals surface area contributed by atoms with Gasteiger partial charge in [-0.25, -0.2) is 8.42 Å². The number of aryl methyl sites for hydroxylation is 1. The van der Waals surface area contributed by atoms with Crippen LogP contribution >= 0.6 is 0 Å². The third-order valence-electron chi connectivity index (χ3n) is 7.54. The lowest BCUT2D eigenvalue weighted by molar-refractivity contribution is -0.118. The highest BCUT2D eigenvalue weighted by atomic mass is 32.2. The standard InChI is InChI=1S/C27H32N4O3S/c1-18-8-10-19(11-9-18)16-21(27(32)28-26-14-15-30(2)29-26)20-12-13-25-23(17-20)31(3)22-6-4-5-7-24(22)35(25,33)34/h4-7,12-15,17-19,21H,8-11,16H2,1-3H3,(H,28,29,32). The number of anilines is 3. The smallest absolute Gasteiger partial charge is 0.233 e. The van der Waals surface area contributed by atoms with Crippen LogP contribution in [0, 0.1) is 11.8 Å². The van der Waals surface area contributed by atoms with Crippen molar-refractivity contribution >= 4 is 32.9 Å². The maximum absolute atomic E-state index is 13.5. The van der Waals surface area contributed by atoms with Gasteiger partial charge < -0.3 is 10.2 Å². The summed E-state index contributed by atoms with van der Waals surface area (Å²) < 4.78 is 28.3. The first-order chi connectivity index (χ1) is 16.7. The summed E-state index contributed by atoms with van der Waals surface area (Å²) in [6, 6.07) is 14.2. The fourth-order valence-electron chi connectivity index (χ4n) is 5.44. The van der Waals surface area contributed by atoms with Crippen LogP contribution in [-0.2, 0) is 21.7 Å². The summed E-state index contributed by atoms with van der Waals surface area (Å²) in [6.07, 6.45) is 7.12. The quantitative estimate of drug-likeness (QED) is 0.524. The predicted octanol–water partition coefficient (Wildman–Crippen LogP) is 5.27. The fourth-order valence-corrected chi connectivity index (χ4v) is 7.13. The minimum atomic E-state index is -3.63. The Morgan fingerprint density at radius 3 is 2.46 bits per heavy atom. The molecule has 1 atom stereocenters. The van der Waals surface area contributed by atoms with Crippen molar-refractivity contribution in [2.45, 2.75) is 54.7 Å². The van der Waals surface area contributed by atoms with E-state index in [2.05, 4.69) is 17.3 Å². The van der Waals surface area contributed by atoms with Gasteiger partial charge in [0, 0.05) is 26.4 Å². The first-order valence-electron chi connectivity index (χ1n) is 12.3. The topological polar surface area (TPSA) is 84.3 Å². The van der Waals surface area contributed by atoms with Crippen molar-refractivity contribution in [1.82, 2.24) is 9.78 Å². The Balaban J connectivity index is 1.51. The van der Waals surface area contributed by atoms with Crippen molar-refractivity contribution in [3.8, 4) is 0 Å². The minimum absolute atomic E-state index is 0.107. The highest BCUT2D eigenvalue weighted by Gasteiger charge is 2.34. The number of para-hydroxylation sites is 1. The molecule has 0 saturated heterocycles. The largest absolute Gasteiger partial charge is 0.342 e. The molecule has 2 aliphatic rings. The van der Waals surface area contributed by atoms with Gasteiger partial charge in [-0.2, -0.15) is 5.10 Å². The van der Waals surface area contributed by atoms with Gasteiger partial charge in [0.25, 0.3) is 0 Å². The Labute approximate surface area is 207 Å². The average molecular weight is 493 g/mol. The van der Waals surface area contributed by atoms with Gasteiger partial charge in [-0.3, -0.25) is 9.48 Å². The van der Waals surface area contributed by atoms with E-state index in [9.17, 15) is 13.2 Å². The molecule has 5 rings (SSSR count). The number of nitrogens with one attached hydrogen (secondary N) is 1. The molecule has 8 heteroatoms. The molecule has 1 aliphatic heterocycles. The number of rotatable bonds is 5. The van der Waals surface area contributed by atoms with E-state index in [1.165, 1.54) is 12.8 Å². The summed E-state index contributed by atoms with van der Waals surface area (Å²) >= 11 is 0. The van der Waals surface area contributed by atoms with Crippen LogP contribution in [0.2, 0.25) is 0 Å². The zero-order chi connectivity index (χ0) is 24.7. The van der Waals surface area contributed by atoms with Crippen LogP contribution in [0.4, 0.5) is 17.2 Å². The van der Waals surface area contributed by atoms with Crippen molar-refractivity contribution in [3.63, 3.8) is 0 Å². The lowest BCUT2D eigenvalue weighted by Crippen LogP contribution is -2.26. The normalized spacial score (nSPS) is 21.6. The van der Waals surface area contributed by atoms with Crippen molar-refractivity contribution in [1.29, 1.82) is 0 Å². The maximum atomic E-state index is 13.5. The van der Waals surface area contributed by atoms with Crippen LogP contribution in [0.1, 0.15) is 50.5 Å². The maximum Gasteiger partial charge on any atom is 0.233 e. The van der Waals surface area contributed by atoms with Gasteiger partial charge in [0.1, 0.15) is 0 Å². The highest BCUT2D eigenvalue weighted by Crippen LogP contribution is 2.45. The predicted molar refractivity (Wildman–Crippen MR) is 137 cm³/mol. The second-order valence-electron chi connectivity index (χ2n) is 10.0. The van der Waals surface area contributed by atoms with Gasteiger partial charge in [0.15, 0.2) is 5.82 Å². The molecule has 1 aromatic heterocycles. The number of amides is 1. The van der Waals surface area contributed by atoms with E-state index in [1.807, 2.05) is 43.3 Å². The summed E-state index contributed by atoms with van der Waals surface area (Å²) in [7, 11) is 0.0589. The second kappa shape index (κ2) is 9.15. The van der Waals surface area contributed by atoms with E-state index in [0.717, 1.165) is 30.7 Å². The number of carbonyl (C=O) groups excluding carboxylic acids is 1. The molecule has 1 amide bonds. The molecular weight excluding hydrogens is 460 g/mol. The molecule has 7 nitrogen and oxygen atoms in total. The fraction of sp³-hybridized carbons (Fsp3) is 0.407. The Hall–Kier alpha value is -3.13.